The Morgan fingerprint density at radius 1 is 1.41 bits per heavy atom. The number of hydrogen-bond acceptors (Lipinski definition) is 3. The van der Waals surface area contributed by atoms with Gasteiger partial charge >= 0.3 is 0 Å². The molecule has 1 heterocycles. The molecule has 3 nitrogen and oxygen atoms in total. The average Bonchev–Trinajstić information content (AvgIpc) is 2.28. The fraction of sp³-hybridized carbons (Fsp3) is 0.615. The van der Waals surface area contributed by atoms with Gasteiger partial charge in [-0.15, -0.1) is 0 Å². The molecule has 96 valence electrons. The van der Waals surface area contributed by atoms with Gasteiger partial charge in [-0.05, 0) is 27.8 Å². The lowest BCUT2D eigenvalue weighted by Gasteiger charge is -2.33. The molecular weight excluding hydrogens is 280 g/mol. The maximum atomic E-state index is 5.26. The number of pyridine rings is 1. The first kappa shape index (κ1) is 14.5. The Labute approximate surface area is 112 Å². The molecule has 0 radical (unpaired) electrons. The van der Waals surface area contributed by atoms with E-state index in [1.54, 1.807) is 7.11 Å². The van der Waals surface area contributed by atoms with E-state index in [1.165, 1.54) is 0 Å². The van der Waals surface area contributed by atoms with E-state index >= 15 is 0 Å². The topological polar surface area (TPSA) is 25.4 Å². The predicted molar refractivity (Wildman–Crippen MR) is 74.9 cm³/mol. The van der Waals surface area contributed by atoms with Crippen LogP contribution in [0.4, 0.5) is 0 Å². The summed E-state index contributed by atoms with van der Waals surface area (Å²) in [5.41, 5.74) is 2.14. The molecule has 0 aliphatic heterocycles. The fourth-order valence-electron chi connectivity index (χ4n) is 1.46. The van der Waals surface area contributed by atoms with Crippen LogP contribution in [0.3, 0.4) is 0 Å². The van der Waals surface area contributed by atoms with Gasteiger partial charge in [0.25, 0.3) is 0 Å². The van der Waals surface area contributed by atoms with Crippen molar-refractivity contribution in [2.45, 2.75) is 32.9 Å². The molecule has 1 aromatic rings. The smallest absolute Gasteiger partial charge is 0.122 e. The van der Waals surface area contributed by atoms with E-state index in [1.807, 2.05) is 19.1 Å². The van der Waals surface area contributed by atoms with Crippen LogP contribution in [0.1, 0.15) is 25.2 Å². The van der Waals surface area contributed by atoms with Crippen LogP contribution in [0.2, 0.25) is 0 Å². The van der Waals surface area contributed by atoms with E-state index in [-0.39, 0.29) is 5.54 Å². The molecule has 0 aromatic carbocycles. The van der Waals surface area contributed by atoms with Crippen molar-refractivity contribution < 1.29 is 4.74 Å². The molecule has 1 rings (SSSR count). The monoisotopic (exact) mass is 300 g/mol. The third-order valence-electron chi connectivity index (χ3n) is 2.98. The van der Waals surface area contributed by atoms with Gasteiger partial charge in [-0.2, -0.15) is 0 Å². The summed E-state index contributed by atoms with van der Waals surface area (Å²) in [7, 11) is 3.79. The van der Waals surface area contributed by atoms with Crippen LogP contribution in [0.15, 0.2) is 12.1 Å². The third-order valence-corrected chi connectivity index (χ3v) is 4.35. The van der Waals surface area contributed by atoms with E-state index in [0.29, 0.717) is 0 Å². The van der Waals surface area contributed by atoms with Crippen LogP contribution < -0.4 is 4.74 Å². The van der Waals surface area contributed by atoms with Crippen molar-refractivity contribution in [3.8, 4) is 5.75 Å². The van der Waals surface area contributed by atoms with E-state index in [2.05, 4.69) is 46.7 Å². The fourth-order valence-corrected chi connectivity index (χ4v) is 1.89. The lowest BCUT2D eigenvalue weighted by atomic mass is 10.1. The average molecular weight is 301 g/mol. The highest BCUT2D eigenvalue weighted by Crippen LogP contribution is 2.20. The lowest BCUT2D eigenvalue weighted by Crippen LogP contribution is -2.42. The molecule has 1 aromatic heterocycles. The van der Waals surface area contributed by atoms with Crippen molar-refractivity contribution in [3.63, 3.8) is 0 Å². The second kappa shape index (κ2) is 5.83. The van der Waals surface area contributed by atoms with Gasteiger partial charge in [0.05, 0.1) is 12.8 Å². The first-order valence-electron chi connectivity index (χ1n) is 5.68. The van der Waals surface area contributed by atoms with Gasteiger partial charge in [0.15, 0.2) is 0 Å². The summed E-state index contributed by atoms with van der Waals surface area (Å²) in [5, 5.41) is 0.930. The molecule has 0 aliphatic rings. The summed E-state index contributed by atoms with van der Waals surface area (Å²) in [5.74, 6) is 0.873. The van der Waals surface area contributed by atoms with Gasteiger partial charge in [0, 0.05) is 35.2 Å². The minimum absolute atomic E-state index is 0.110. The number of halogens is 1. The summed E-state index contributed by atoms with van der Waals surface area (Å²) in [4.78, 5) is 6.81. The number of aromatic nitrogens is 1. The molecule has 0 unspecified atom stereocenters. The molecule has 0 saturated heterocycles. The highest BCUT2D eigenvalue weighted by molar-refractivity contribution is 9.09. The Morgan fingerprint density at radius 2 is 2.06 bits per heavy atom. The number of ether oxygens (including phenoxy) is 1. The van der Waals surface area contributed by atoms with Crippen LogP contribution in [-0.4, -0.2) is 34.9 Å². The zero-order chi connectivity index (χ0) is 13.1. The summed E-state index contributed by atoms with van der Waals surface area (Å²) in [6.45, 7) is 7.21. The number of aryl methyl sites for hydroxylation is 1. The zero-order valence-corrected chi connectivity index (χ0v) is 12.8. The molecule has 0 fully saturated rings. The Balaban J connectivity index is 2.84. The Morgan fingerprint density at radius 3 is 2.59 bits per heavy atom. The van der Waals surface area contributed by atoms with Gasteiger partial charge in [-0.1, -0.05) is 15.9 Å². The Bertz CT molecular complexity index is 380. The van der Waals surface area contributed by atoms with Gasteiger partial charge in [-0.3, -0.25) is 9.88 Å². The van der Waals surface area contributed by atoms with Crippen LogP contribution >= 0.6 is 15.9 Å². The lowest BCUT2D eigenvalue weighted by molar-refractivity contribution is 0.171. The van der Waals surface area contributed by atoms with Crippen molar-refractivity contribution >= 4 is 15.9 Å². The van der Waals surface area contributed by atoms with Gasteiger partial charge in [0.1, 0.15) is 5.75 Å². The predicted octanol–water partition coefficient (Wildman–Crippen LogP) is 3.00. The van der Waals surface area contributed by atoms with E-state index in [9.17, 15) is 0 Å². The van der Waals surface area contributed by atoms with Crippen LogP contribution in [-0.2, 0) is 6.54 Å². The van der Waals surface area contributed by atoms with Crippen molar-refractivity contribution in [1.82, 2.24) is 9.88 Å². The molecule has 0 bridgehead atoms. The number of nitrogens with zero attached hydrogens (tertiary/aromatic N) is 2. The second-order valence-electron chi connectivity index (χ2n) is 4.94. The van der Waals surface area contributed by atoms with Crippen molar-refractivity contribution in [1.29, 1.82) is 0 Å². The third kappa shape index (κ3) is 3.96. The summed E-state index contributed by atoms with van der Waals surface area (Å²) >= 11 is 3.54. The highest BCUT2D eigenvalue weighted by Gasteiger charge is 2.22. The molecule has 0 atom stereocenters. The maximum absolute atomic E-state index is 5.26. The molecule has 0 aliphatic carbocycles. The molecular formula is C13H21BrN2O. The van der Waals surface area contributed by atoms with Crippen LogP contribution in [0.5, 0.6) is 5.75 Å². The van der Waals surface area contributed by atoms with E-state index in [4.69, 9.17) is 4.74 Å². The van der Waals surface area contributed by atoms with Crippen molar-refractivity contribution in [2.75, 3.05) is 19.5 Å². The van der Waals surface area contributed by atoms with E-state index < -0.39 is 0 Å². The second-order valence-corrected chi connectivity index (χ2v) is 5.50. The Kier molecular flexibility index (Phi) is 4.95. The molecule has 0 saturated carbocycles. The molecule has 0 spiro atoms. The minimum atomic E-state index is 0.110. The minimum Gasteiger partial charge on any atom is -0.497 e. The summed E-state index contributed by atoms with van der Waals surface area (Å²) in [6.07, 6.45) is 0. The van der Waals surface area contributed by atoms with Gasteiger partial charge in [-0.25, -0.2) is 0 Å². The van der Waals surface area contributed by atoms with Gasteiger partial charge < -0.3 is 4.74 Å². The normalized spacial score (nSPS) is 11.9. The van der Waals surface area contributed by atoms with Crippen LogP contribution in [0.25, 0.3) is 0 Å². The summed E-state index contributed by atoms with van der Waals surface area (Å²) < 4.78 is 5.26. The largest absolute Gasteiger partial charge is 0.497 e. The first-order chi connectivity index (χ1) is 7.89. The van der Waals surface area contributed by atoms with Crippen molar-refractivity contribution in [2.24, 2.45) is 0 Å². The Hall–Kier alpha value is -0.610. The van der Waals surface area contributed by atoms with Crippen LogP contribution in [0, 0.1) is 6.92 Å². The molecule has 17 heavy (non-hydrogen) atoms. The first-order valence-corrected chi connectivity index (χ1v) is 6.80. The van der Waals surface area contributed by atoms with Crippen molar-refractivity contribution in [3.05, 3.63) is 23.5 Å². The van der Waals surface area contributed by atoms with E-state index in [0.717, 1.165) is 29.0 Å². The summed E-state index contributed by atoms with van der Waals surface area (Å²) in [6, 6.07) is 3.94. The van der Waals surface area contributed by atoms with Gasteiger partial charge in [0.2, 0.25) is 0 Å². The number of alkyl halides is 1. The number of rotatable bonds is 5. The quantitative estimate of drug-likeness (QED) is 0.782. The number of hydrogen-bond donors (Lipinski definition) is 0. The zero-order valence-electron chi connectivity index (χ0n) is 11.2. The molecule has 4 heteroatoms. The number of methoxy groups -OCH3 is 1. The highest BCUT2D eigenvalue weighted by atomic mass is 79.9. The SMILES string of the molecule is COc1cc(C)nc(CN(C)C(C)(C)CBr)c1. The molecule has 0 amide bonds. The maximum Gasteiger partial charge on any atom is 0.122 e. The standard InChI is InChI=1S/C13H21BrN2O/c1-10-6-12(17-5)7-11(15-10)8-16(4)13(2,3)9-14/h6-7H,8-9H2,1-5H3. The molecule has 0 N–H and O–H groups in total.